The van der Waals surface area contributed by atoms with Crippen molar-refractivity contribution in [2.45, 2.75) is 6.04 Å². The molecule has 0 bridgehead atoms. The number of anilines is 1. The molecule has 0 saturated carbocycles. The first kappa shape index (κ1) is 18.8. The third-order valence-corrected chi connectivity index (χ3v) is 4.59. The molecule has 1 saturated heterocycles. The molecule has 2 aromatic rings. The van der Waals surface area contributed by atoms with Crippen molar-refractivity contribution < 1.29 is 14.0 Å². The Morgan fingerprint density at radius 1 is 1.26 bits per heavy atom. The highest BCUT2D eigenvalue weighted by Crippen LogP contribution is 2.20. The predicted octanol–water partition coefficient (Wildman–Crippen LogP) is 2.39. The van der Waals surface area contributed by atoms with Crippen molar-refractivity contribution in [1.82, 2.24) is 15.5 Å². The van der Waals surface area contributed by atoms with Crippen LogP contribution < -0.4 is 15.5 Å². The molecule has 0 radical (unpaired) electrons. The van der Waals surface area contributed by atoms with E-state index in [4.69, 9.17) is 0 Å². The lowest BCUT2D eigenvalue weighted by molar-refractivity contribution is 0.0942. The number of hydrogen-bond donors (Lipinski definition) is 2. The summed E-state index contributed by atoms with van der Waals surface area (Å²) in [6.07, 6.45) is 0. The summed E-state index contributed by atoms with van der Waals surface area (Å²) in [5.74, 6) is -0.540. The summed E-state index contributed by atoms with van der Waals surface area (Å²) in [6, 6.07) is 13.0. The van der Waals surface area contributed by atoms with E-state index >= 15 is 0 Å². The molecule has 1 heterocycles. The van der Waals surface area contributed by atoms with Crippen molar-refractivity contribution in [1.29, 1.82) is 0 Å². The standard InChI is InChI=1S/C20H23FN4O2/c1-24(2)18(14-5-3-7-16(21)11-14)13-23-19(26)15-6-4-8-17(12-15)25-10-9-22-20(25)27/h3-8,11-12,18H,9-10,13H2,1-2H3,(H,22,27)(H,23,26). The lowest BCUT2D eigenvalue weighted by atomic mass is 10.1. The summed E-state index contributed by atoms with van der Waals surface area (Å²) in [5.41, 5.74) is 1.96. The molecule has 1 unspecified atom stereocenters. The van der Waals surface area contributed by atoms with E-state index in [2.05, 4.69) is 10.6 Å². The van der Waals surface area contributed by atoms with Gasteiger partial charge in [-0.05, 0) is 50.0 Å². The summed E-state index contributed by atoms with van der Waals surface area (Å²) in [7, 11) is 3.77. The molecule has 6 nitrogen and oxygen atoms in total. The molecule has 2 N–H and O–H groups in total. The summed E-state index contributed by atoms with van der Waals surface area (Å²) in [6.45, 7) is 1.50. The van der Waals surface area contributed by atoms with Gasteiger partial charge in [0, 0.05) is 30.9 Å². The largest absolute Gasteiger partial charge is 0.350 e. The van der Waals surface area contributed by atoms with Gasteiger partial charge < -0.3 is 15.5 Å². The molecule has 2 aromatic carbocycles. The molecule has 1 atom stereocenters. The highest BCUT2D eigenvalue weighted by molar-refractivity contribution is 5.98. The minimum Gasteiger partial charge on any atom is -0.350 e. The van der Waals surface area contributed by atoms with Crippen LogP contribution in [0.15, 0.2) is 48.5 Å². The van der Waals surface area contributed by atoms with Gasteiger partial charge in [-0.15, -0.1) is 0 Å². The average molecular weight is 370 g/mol. The number of halogens is 1. The Hall–Kier alpha value is -2.93. The number of urea groups is 1. The zero-order valence-corrected chi connectivity index (χ0v) is 15.4. The second kappa shape index (κ2) is 8.18. The van der Waals surface area contributed by atoms with E-state index < -0.39 is 0 Å². The van der Waals surface area contributed by atoms with Crippen LogP contribution in [0.5, 0.6) is 0 Å². The zero-order chi connectivity index (χ0) is 19.4. The summed E-state index contributed by atoms with van der Waals surface area (Å²) in [4.78, 5) is 27.9. The minimum atomic E-state index is -0.303. The second-order valence-corrected chi connectivity index (χ2v) is 6.68. The van der Waals surface area contributed by atoms with E-state index in [-0.39, 0.29) is 23.8 Å². The summed E-state index contributed by atoms with van der Waals surface area (Å²) in [5, 5.41) is 5.65. The number of benzene rings is 2. The Bertz CT molecular complexity index is 840. The van der Waals surface area contributed by atoms with E-state index in [1.54, 1.807) is 35.2 Å². The van der Waals surface area contributed by atoms with E-state index in [9.17, 15) is 14.0 Å². The van der Waals surface area contributed by atoms with Crippen LogP contribution >= 0.6 is 0 Å². The van der Waals surface area contributed by atoms with Crippen molar-refractivity contribution in [2.24, 2.45) is 0 Å². The van der Waals surface area contributed by atoms with Crippen molar-refractivity contribution in [3.8, 4) is 0 Å². The van der Waals surface area contributed by atoms with Crippen molar-refractivity contribution >= 4 is 17.6 Å². The van der Waals surface area contributed by atoms with Gasteiger partial charge in [0.2, 0.25) is 0 Å². The lowest BCUT2D eigenvalue weighted by Crippen LogP contribution is -2.34. The fourth-order valence-electron chi connectivity index (χ4n) is 3.14. The molecule has 0 aromatic heterocycles. The minimum absolute atomic E-state index is 0.155. The molecule has 0 aliphatic carbocycles. The van der Waals surface area contributed by atoms with Crippen LogP contribution in [0.2, 0.25) is 0 Å². The number of carbonyl (C=O) groups excluding carboxylic acids is 2. The second-order valence-electron chi connectivity index (χ2n) is 6.68. The van der Waals surface area contributed by atoms with Gasteiger partial charge in [-0.25, -0.2) is 9.18 Å². The molecular weight excluding hydrogens is 347 g/mol. The quantitative estimate of drug-likeness (QED) is 0.821. The predicted molar refractivity (Wildman–Crippen MR) is 102 cm³/mol. The van der Waals surface area contributed by atoms with Crippen LogP contribution in [0.3, 0.4) is 0 Å². The Kier molecular flexibility index (Phi) is 5.71. The van der Waals surface area contributed by atoms with Crippen molar-refractivity contribution in [2.75, 3.05) is 38.6 Å². The summed E-state index contributed by atoms with van der Waals surface area (Å²) < 4.78 is 13.5. The molecule has 1 aliphatic rings. The Labute approximate surface area is 158 Å². The van der Waals surface area contributed by atoms with E-state index in [0.29, 0.717) is 30.9 Å². The van der Waals surface area contributed by atoms with Gasteiger partial charge in [-0.1, -0.05) is 18.2 Å². The normalized spacial score (nSPS) is 15.0. The maximum absolute atomic E-state index is 13.5. The molecule has 1 fully saturated rings. The summed E-state index contributed by atoms with van der Waals surface area (Å²) >= 11 is 0. The number of hydrogen-bond acceptors (Lipinski definition) is 3. The average Bonchev–Trinajstić information content (AvgIpc) is 3.07. The molecule has 7 heteroatoms. The van der Waals surface area contributed by atoms with Crippen LogP contribution in [0, 0.1) is 5.82 Å². The number of carbonyl (C=O) groups is 2. The topological polar surface area (TPSA) is 64.7 Å². The van der Waals surface area contributed by atoms with Crippen LogP contribution in [0.4, 0.5) is 14.9 Å². The molecule has 142 valence electrons. The van der Waals surface area contributed by atoms with Gasteiger partial charge in [-0.3, -0.25) is 9.69 Å². The SMILES string of the molecule is CN(C)C(CNC(=O)c1cccc(N2CCNC2=O)c1)c1cccc(F)c1. The Balaban J connectivity index is 1.70. The van der Waals surface area contributed by atoms with Crippen LogP contribution in [0.1, 0.15) is 22.0 Å². The molecule has 27 heavy (non-hydrogen) atoms. The third-order valence-electron chi connectivity index (χ3n) is 4.59. The van der Waals surface area contributed by atoms with Crippen LogP contribution in [-0.4, -0.2) is 50.6 Å². The monoisotopic (exact) mass is 370 g/mol. The van der Waals surface area contributed by atoms with Gasteiger partial charge in [-0.2, -0.15) is 0 Å². The maximum atomic E-state index is 13.5. The number of likely N-dealkylation sites (N-methyl/N-ethyl adjacent to an activating group) is 1. The fraction of sp³-hybridized carbons (Fsp3) is 0.300. The molecular formula is C20H23FN4O2. The fourth-order valence-corrected chi connectivity index (χ4v) is 3.14. The molecule has 0 spiro atoms. The van der Waals surface area contributed by atoms with Crippen LogP contribution in [0.25, 0.3) is 0 Å². The van der Waals surface area contributed by atoms with E-state index in [0.717, 1.165) is 5.56 Å². The van der Waals surface area contributed by atoms with Gasteiger partial charge in [0.1, 0.15) is 5.82 Å². The Morgan fingerprint density at radius 3 is 2.70 bits per heavy atom. The first-order valence-electron chi connectivity index (χ1n) is 8.81. The zero-order valence-electron chi connectivity index (χ0n) is 15.4. The van der Waals surface area contributed by atoms with Gasteiger partial charge in [0.05, 0.1) is 6.04 Å². The van der Waals surface area contributed by atoms with Crippen LogP contribution in [-0.2, 0) is 0 Å². The number of amides is 3. The molecule has 1 aliphatic heterocycles. The first-order chi connectivity index (χ1) is 13.0. The van der Waals surface area contributed by atoms with E-state index in [1.165, 1.54) is 12.1 Å². The highest BCUT2D eigenvalue weighted by atomic mass is 19.1. The van der Waals surface area contributed by atoms with E-state index in [1.807, 2.05) is 25.1 Å². The highest BCUT2D eigenvalue weighted by Gasteiger charge is 2.22. The van der Waals surface area contributed by atoms with Crippen molar-refractivity contribution in [3.05, 3.63) is 65.5 Å². The lowest BCUT2D eigenvalue weighted by Gasteiger charge is -2.25. The van der Waals surface area contributed by atoms with Gasteiger partial charge >= 0.3 is 6.03 Å². The molecule has 3 amide bonds. The number of nitrogens with zero attached hydrogens (tertiary/aromatic N) is 2. The van der Waals surface area contributed by atoms with Gasteiger partial charge in [0.15, 0.2) is 0 Å². The molecule has 3 rings (SSSR count). The van der Waals surface area contributed by atoms with Crippen molar-refractivity contribution in [3.63, 3.8) is 0 Å². The third kappa shape index (κ3) is 4.43. The number of nitrogens with one attached hydrogen (secondary N) is 2. The maximum Gasteiger partial charge on any atom is 0.321 e. The Morgan fingerprint density at radius 2 is 2.04 bits per heavy atom. The van der Waals surface area contributed by atoms with Gasteiger partial charge in [0.25, 0.3) is 5.91 Å². The number of rotatable bonds is 6. The first-order valence-corrected chi connectivity index (χ1v) is 8.81. The smallest absolute Gasteiger partial charge is 0.321 e.